The first-order valence-electron chi connectivity index (χ1n) is 5.62. The number of aryl methyl sites for hydroxylation is 1. The van der Waals surface area contributed by atoms with Gasteiger partial charge in [0.25, 0.3) is 0 Å². The lowest BCUT2D eigenvalue weighted by Crippen LogP contribution is -2.23. The molecule has 0 amide bonds. The van der Waals surface area contributed by atoms with E-state index in [0.717, 1.165) is 11.1 Å². The molecule has 0 saturated heterocycles. The summed E-state index contributed by atoms with van der Waals surface area (Å²) in [7, 11) is -3.69. The molecular weight excluding hydrogens is 246 g/mol. The lowest BCUT2D eigenvalue weighted by molar-refractivity contribution is 0.590. The number of primary sulfonamides is 1. The van der Waals surface area contributed by atoms with E-state index < -0.39 is 15.3 Å². The van der Waals surface area contributed by atoms with Crippen molar-refractivity contribution in [2.75, 3.05) is 0 Å². The third kappa shape index (κ3) is 2.60. The molecule has 94 valence electrons. The van der Waals surface area contributed by atoms with Crippen molar-refractivity contribution in [3.8, 4) is 0 Å². The smallest absolute Gasteiger partial charge is 0.220 e. The van der Waals surface area contributed by atoms with Crippen LogP contribution in [0, 0.1) is 6.92 Å². The molecule has 0 radical (unpaired) electrons. The standard InChI is InChI=1S/C14H15NO2S/c1-11-7-5-6-10-13(11)14(18(15,16)17)12-8-3-2-4-9-12/h2-10,14H,1H3,(H2,15,16,17). The van der Waals surface area contributed by atoms with Crippen LogP contribution in [0.5, 0.6) is 0 Å². The number of benzene rings is 2. The minimum atomic E-state index is -3.69. The fourth-order valence-electron chi connectivity index (χ4n) is 2.06. The zero-order chi connectivity index (χ0) is 13.2. The molecule has 2 aromatic rings. The average molecular weight is 261 g/mol. The van der Waals surface area contributed by atoms with Gasteiger partial charge in [0.2, 0.25) is 10.0 Å². The summed E-state index contributed by atoms with van der Waals surface area (Å²) in [4.78, 5) is 0. The van der Waals surface area contributed by atoms with Crippen LogP contribution in [0.25, 0.3) is 0 Å². The van der Waals surface area contributed by atoms with E-state index in [9.17, 15) is 8.42 Å². The Morgan fingerprint density at radius 2 is 1.50 bits per heavy atom. The van der Waals surface area contributed by atoms with Crippen molar-refractivity contribution in [1.29, 1.82) is 0 Å². The predicted molar refractivity (Wildman–Crippen MR) is 72.6 cm³/mol. The van der Waals surface area contributed by atoms with Gasteiger partial charge in [-0.2, -0.15) is 0 Å². The first-order chi connectivity index (χ1) is 8.50. The van der Waals surface area contributed by atoms with E-state index in [4.69, 9.17) is 5.14 Å². The van der Waals surface area contributed by atoms with Gasteiger partial charge in [-0.15, -0.1) is 0 Å². The molecule has 0 fully saturated rings. The van der Waals surface area contributed by atoms with Gasteiger partial charge in [0.1, 0.15) is 5.25 Å². The molecule has 3 nitrogen and oxygen atoms in total. The van der Waals surface area contributed by atoms with E-state index in [1.807, 2.05) is 43.3 Å². The van der Waals surface area contributed by atoms with Crippen LogP contribution in [-0.4, -0.2) is 8.42 Å². The summed E-state index contributed by atoms with van der Waals surface area (Å²) in [5.74, 6) is 0. The van der Waals surface area contributed by atoms with E-state index in [2.05, 4.69) is 0 Å². The van der Waals surface area contributed by atoms with Crippen LogP contribution in [0.3, 0.4) is 0 Å². The molecule has 0 bridgehead atoms. The first-order valence-corrected chi connectivity index (χ1v) is 7.23. The summed E-state index contributed by atoms with van der Waals surface area (Å²) < 4.78 is 23.7. The second kappa shape index (κ2) is 4.92. The van der Waals surface area contributed by atoms with Crippen molar-refractivity contribution in [1.82, 2.24) is 0 Å². The molecule has 1 unspecified atom stereocenters. The quantitative estimate of drug-likeness (QED) is 0.922. The Morgan fingerprint density at radius 1 is 0.944 bits per heavy atom. The molecule has 2 aromatic carbocycles. The molecule has 0 aliphatic heterocycles. The van der Waals surface area contributed by atoms with Crippen LogP contribution < -0.4 is 5.14 Å². The van der Waals surface area contributed by atoms with E-state index in [0.29, 0.717) is 5.56 Å². The maximum atomic E-state index is 11.9. The zero-order valence-corrected chi connectivity index (χ0v) is 10.9. The van der Waals surface area contributed by atoms with Crippen molar-refractivity contribution >= 4 is 10.0 Å². The fraction of sp³-hybridized carbons (Fsp3) is 0.143. The monoisotopic (exact) mass is 261 g/mol. The number of hydrogen-bond donors (Lipinski definition) is 1. The average Bonchev–Trinajstić information content (AvgIpc) is 2.32. The lowest BCUT2D eigenvalue weighted by atomic mass is 10.0. The Hall–Kier alpha value is -1.65. The van der Waals surface area contributed by atoms with Gasteiger partial charge in [0.15, 0.2) is 0 Å². The normalized spacial score (nSPS) is 13.2. The molecule has 2 rings (SSSR count). The van der Waals surface area contributed by atoms with E-state index >= 15 is 0 Å². The molecule has 0 spiro atoms. The van der Waals surface area contributed by atoms with Gasteiger partial charge in [-0.25, -0.2) is 13.6 Å². The van der Waals surface area contributed by atoms with Crippen LogP contribution in [0.15, 0.2) is 54.6 Å². The summed E-state index contributed by atoms with van der Waals surface area (Å²) in [5, 5.41) is 4.58. The van der Waals surface area contributed by atoms with E-state index in [1.165, 1.54) is 0 Å². The molecule has 0 aliphatic carbocycles. The minimum absolute atomic E-state index is 0.689. The summed E-state index contributed by atoms with van der Waals surface area (Å²) in [6.45, 7) is 1.89. The Morgan fingerprint density at radius 3 is 2.06 bits per heavy atom. The highest BCUT2D eigenvalue weighted by Crippen LogP contribution is 2.30. The number of rotatable bonds is 3. The van der Waals surface area contributed by atoms with Crippen LogP contribution >= 0.6 is 0 Å². The van der Waals surface area contributed by atoms with Gasteiger partial charge < -0.3 is 0 Å². The molecule has 0 aromatic heterocycles. The largest absolute Gasteiger partial charge is 0.228 e. The van der Waals surface area contributed by atoms with Gasteiger partial charge in [-0.1, -0.05) is 54.6 Å². The summed E-state index contributed by atoms with van der Waals surface area (Å²) in [5.41, 5.74) is 2.33. The molecule has 18 heavy (non-hydrogen) atoms. The fourth-order valence-corrected chi connectivity index (χ4v) is 3.21. The Kier molecular flexibility index (Phi) is 3.50. The highest BCUT2D eigenvalue weighted by Gasteiger charge is 2.26. The molecule has 2 N–H and O–H groups in total. The highest BCUT2D eigenvalue weighted by molar-refractivity contribution is 7.89. The molecule has 4 heteroatoms. The van der Waals surface area contributed by atoms with Crippen molar-refractivity contribution in [3.63, 3.8) is 0 Å². The third-order valence-electron chi connectivity index (χ3n) is 2.90. The summed E-state index contributed by atoms with van der Waals surface area (Å²) in [6, 6.07) is 16.4. The van der Waals surface area contributed by atoms with Gasteiger partial charge in [0, 0.05) is 0 Å². The maximum Gasteiger partial charge on any atom is 0.220 e. The molecule has 0 aliphatic rings. The van der Waals surface area contributed by atoms with Crippen LogP contribution in [-0.2, 0) is 10.0 Å². The number of sulfonamides is 1. The second-order valence-electron chi connectivity index (χ2n) is 4.24. The van der Waals surface area contributed by atoms with Crippen molar-refractivity contribution in [2.24, 2.45) is 5.14 Å². The number of nitrogens with two attached hydrogens (primary N) is 1. The zero-order valence-electron chi connectivity index (χ0n) is 10.1. The minimum Gasteiger partial charge on any atom is -0.228 e. The topological polar surface area (TPSA) is 60.2 Å². The summed E-state index contributed by atoms with van der Waals surface area (Å²) in [6.07, 6.45) is 0. The second-order valence-corrected chi connectivity index (χ2v) is 5.89. The van der Waals surface area contributed by atoms with Crippen molar-refractivity contribution in [2.45, 2.75) is 12.2 Å². The summed E-state index contributed by atoms with van der Waals surface area (Å²) >= 11 is 0. The van der Waals surface area contributed by atoms with Crippen molar-refractivity contribution in [3.05, 3.63) is 71.3 Å². The van der Waals surface area contributed by atoms with Crippen LogP contribution in [0.2, 0.25) is 0 Å². The van der Waals surface area contributed by atoms with E-state index in [1.54, 1.807) is 18.2 Å². The van der Waals surface area contributed by atoms with E-state index in [-0.39, 0.29) is 0 Å². The predicted octanol–water partition coefficient (Wildman–Crippen LogP) is 2.37. The van der Waals surface area contributed by atoms with Gasteiger partial charge in [0.05, 0.1) is 0 Å². The molecule has 1 atom stereocenters. The number of hydrogen-bond acceptors (Lipinski definition) is 2. The molecule has 0 heterocycles. The van der Waals surface area contributed by atoms with Crippen molar-refractivity contribution < 1.29 is 8.42 Å². The van der Waals surface area contributed by atoms with Gasteiger partial charge in [-0.05, 0) is 23.6 Å². The maximum absolute atomic E-state index is 11.9. The van der Waals surface area contributed by atoms with Crippen LogP contribution in [0.4, 0.5) is 0 Å². The first kappa shape index (κ1) is 12.8. The molecule has 0 saturated carbocycles. The SMILES string of the molecule is Cc1ccccc1C(c1ccccc1)S(N)(=O)=O. The van der Waals surface area contributed by atoms with Crippen LogP contribution in [0.1, 0.15) is 21.9 Å². The third-order valence-corrected chi connectivity index (χ3v) is 4.08. The lowest BCUT2D eigenvalue weighted by Gasteiger charge is -2.17. The van der Waals surface area contributed by atoms with Gasteiger partial charge >= 0.3 is 0 Å². The molecular formula is C14H15NO2S. The van der Waals surface area contributed by atoms with Gasteiger partial charge in [-0.3, -0.25) is 0 Å². The Balaban J connectivity index is 2.63. The Labute approximate surface area is 107 Å². The highest BCUT2D eigenvalue weighted by atomic mass is 32.2. The Bertz CT molecular complexity index is 636.